The standard InChI is InChI=1S/C22H32N8O/c1-15-12-31-16(2)11-30(15)19-8-18(17-9-24-20(23)25-10-17)26-21(27-19)29-6-4-22(5-7-29)13-28(3)14-22/h8-10,15-16H,4-7,11-14H2,1-3H3,(H2,23,24,25)/t15-,16-/m0/s1. The van der Waals surface area contributed by atoms with Crippen molar-refractivity contribution in [2.75, 3.05) is 61.9 Å². The zero-order valence-corrected chi connectivity index (χ0v) is 18.7. The van der Waals surface area contributed by atoms with Crippen LogP contribution in [0, 0.1) is 5.41 Å². The number of ether oxygens (including phenoxy) is 1. The lowest BCUT2D eigenvalue weighted by molar-refractivity contribution is 0.00110. The number of hydrogen-bond donors (Lipinski definition) is 1. The molecule has 0 bridgehead atoms. The molecule has 5 rings (SSSR count). The molecule has 0 saturated carbocycles. The van der Waals surface area contributed by atoms with Crippen molar-refractivity contribution < 1.29 is 4.74 Å². The van der Waals surface area contributed by atoms with Crippen molar-refractivity contribution in [3.05, 3.63) is 18.5 Å². The van der Waals surface area contributed by atoms with Crippen LogP contribution in [0.5, 0.6) is 0 Å². The summed E-state index contributed by atoms with van der Waals surface area (Å²) in [4.78, 5) is 25.4. The number of piperidine rings is 1. The summed E-state index contributed by atoms with van der Waals surface area (Å²) in [5.74, 6) is 1.99. The van der Waals surface area contributed by atoms with E-state index in [1.54, 1.807) is 12.4 Å². The van der Waals surface area contributed by atoms with E-state index in [1.165, 1.54) is 25.9 Å². The minimum absolute atomic E-state index is 0.170. The second kappa shape index (κ2) is 7.87. The normalized spacial score (nSPS) is 26.2. The third-order valence-electron chi connectivity index (χ3n) is 6.89. The van der Waals surface area contributed by atoms with Gasteiger partial charge in [-0.2, -0.15) is 4.98 Å². The van der Waals surface area contributed by atoms with E-state index >= 15 is 0 Å². The lowest BCUT2D eigenvalue weighted by atomic mass is 9.72. The Morgan fingerprint density at radius 2 is 1.81 bits per heavy atom. The van der Waals surface area contributed by atoms with E-state index in [-0.39, 0.29) is 18.1 Å². The van der Waals surface area contributed by atoms with Crippen LogP contribution >= 0.6 is 0 Å². The number of rotatable bonds is 3. The summed E-state index contributed by atoms with van der Waals surface area (Å²) < 4.78 is 5.83. The smallest absolute Gasteiger partial charge is 0.227 e. The minimum Gasteiger partial charge on any atom is -0.375 e. The van der Waals surface area contributed by atoms with Gasteiger partial charge in [-0.1, -0.05) is 0 Å². The van der Waals surface area contributed by atoms with Crippen molar-refractivity contribution in [2.24, 2.45) is 5.41 Å². The van der Waals surface area contributed by atoms with E-state index in [0.29, 0.717) is 12.0 Å². The fraction of sp³-hybridized carbons (Fsp3) is 0.636. The van der Waals surface area contributed by atoms with Gasteiger partial charge in [-0.05, 0) is 39.2 Å². The van der Waals surface area contributed by atoms with Crippen molar-refractivity contribution in [3.63, 3.8) is 0 Å². The Morgan fingerprint density at radius 3 is 2.48 bits per heavy atom. The number of nitrogens with zero attached hydrogens (tertiary/aromatic N) is 7. The molecule has 0 amide bonds. The molecular weight excluding hydrogens is 392 g/mol. The molecule has 3 saturated heterocycles. The van der Waals surface area contributed by atoms with Crippen molar-refractivity contribution in [1.29, 1.82) is 0 Å². The van der Waals surface area contributed by atoms with Gasteiger partial charge >= 0.3 is 0 Å². The first-order chi connectivity index (χ1) is 14.9. The predicted octanol–water partition coefficient (Wildman–Crippen LogP) is 1.66. The highest BCUT2D eigenvalue weighted by molar-refractivity contribution is 5.64. The van der Waals surface area contributed by atoms with Crippen LogP contribution in [-0.4, -0.2) is 83.4 Å². The molecule has 2 N–H and O–H groups in total. The molecule has 2 aromatic rings. The first kappa shape index (κ1) is 20.4. The van der Waals surface area contributed by atoms with Gasteiger partial charge in [0.2, 0.25) is 11.9 Å². The van der Waals surface area contributed by atoms with Crippen LogP contribution in [0.25, 0.3) is 11.3 Å². The van der Waals surface area contributed by atoms with E-state index in [2.05, 4.69) is 45.6 Å². The molecule has 0 aromatic carbocycles. The maximum atomic E-state index is 5.83. The first-order valence-electron chi connectivity index (χ1n) is 11.2. The van der Waals surface area contributed by atoms with Crippen molar-refractivity contribution in [1.82, 2.24) is 24.8 Å². The Balaban J connectivity index is 1.47. The maximum Gasteiger partial charge on any atom is 0.227 e. The van der Waals surface area contributed by atoms with Gasteiger partial charge in [0, 0.05) is 56.7 Å². The third kappa shape index (κ3) is 4.04. The van der Waals surface area contributed by atoms with Crippen LogP contribution in [0.3, 0.4) is 0 Å². The maximum absolute atomic E-state index is 5.83. The lowest BCUT2D eigenvalue weighted by Gasteiger charge is -2.53. The van der Waals surface area contributed by atoms with Crippen molar-refractivity contribution in [2.45, 2.75) is 38.8 Å². The molecule has 9 heteroatoms. The Kier molecular flexibility index (Phi) is 5.18. The molecule has 166 valence electrons. The van der Waals surface area contributed by atoms with E-state index in [9.17, 15) is 0 Å². The van der Waals surface area contributed by atoms with E-state index in [1.807, 2.05) is 6.07 Å². The Labute approximate surface area is 183 Å². The van der Waals surface area contributed by atoms with Crippen LogP contribution in [0.4, 0.5) is 17.7 Å². The van der Waals surface area contributed by atoms with Gasteiger partial charge in [0.25, 0.3) is 0 Å². The first-order valence-corrected chi connectivity index (χ1v) is 11.2. The second-order valence-corrected chi connectivity index (χ2v) is 9.55. The zero-order chi connectivity index (χ0) is 21.6. The highest BCUT2D eigenvalue weighted by Gasteiger charge is 2.43. The second-order valence-electron chi connectivity index (χ2n) is 9.55. The average molecular weight is 425 g/mol. The van der Waals surface area contributed by atoms with Gasteiger partial charge in [-0.3, -0.25) is 0 Å². The molecule has 5 heterocycles. The van der Waals surface area contributed by atoms with Crippen LogP contribution < -0.4 is 15.5 Å². The summed E-state index contributed by atoms with van der Waals surface area (Å²) in [5.41, 5.74) is 7.87. The number of aromatic nitrogens is 4. The molecule has 3 aliphatic heterocycles. The van der Waals surface area contributed by atoms with E-state index in [0.717, 1.165) is 42.7 Å². The zero-order valence-electron chi connectivity index (χ0n) is 18.7. The number of nitrogens with two attached hydrogens (primary N) is 1. The highest BCUT2D eigenvalue weighted by atomic mass is 16.5. The summed E-state index contributed by atoms with van der Waals surface area (Å²) in [6.45, 7) is 10.2. The molecule has 2 aromatic heterocycles. The van der Waals surface area contributed by atoms with Gasteiger partial charge in [0.05, 0.1) is 24.4 Å². The molecule has 2 atom stereocenters. The molecule has 0 aliphatic carbocycles. The predicted molar refractivity (Wildman–Crippen MR) is 121 cm³/mol. The Bertz CT molecular complexity index is 920. The molecule has 0 unspecified atom stereocenters. The quantitative estimate of drug-likeness (QED) is 0.789. The van der Waals surface area contributed by atoms with Gasteiger partial charge in [0.1, 0.15) is 5.82 Å². The summed E-state index contributed by atoms with van der Waals surface area (Å²) >= 11 is 0. The largest absolute Gasteiger partial charge is 0.375 e. The van der Waals surface area contributed by atoms with Crippen LogP contribution in [0.15, 0.2) is 18.5 Å². The molecule has 31 heavy (non-hydrogen) atoms. The average Bonchev–Trinajstić information content (AvgIpc) is 2.75. The summed E-state index contributed by atoms with van der Waals surface area (Å²) in [7, 11) is 2.20. The number of anilines is 3. The van der Waals surface area contributed by atoms with E-state index < -0.39 is 0 Å². The number of nitrogen functional groups attached to an aromatic ring is 1. The summed E-state index contributed by atoms with van der Waals surface area (Å²) in [6.07, 6.45) is 6.02. The number of hydrogen-bond acceptors (Lipinski definition) is 9. The lowest BCUT2D eigenvalue weighted by Crippen LogP contribution is -2.58. The van der Waals surface area contributed by atoms with Gasteiger partial charge in [0.15, 0.2) is 0 Å². The summed E-state index contributed by atoms with van der Waals surface area (Å²) in [5, 5.41) is 0. The number of morpholine rings is 1. The van der Waals surface area contributed by atoms with Crippen LogP contribution in [0.1, 0.15) is 26.7 Å². The fourth-order valence-electron chi connectivity index (χ4n) is 5.15. The van der Waals surface area contributed by atoms with Crippen LogP contribution in [0.2, 0.25) is 0 Å². The Hall–Kier alpha value is -2.52. The SMILES string of the molecule is C[C@H]1CN(c2cc(-c3cnc(N)nc3)nc(N3CCC4(CC3)CN(C)C4)n2)[C@@H](C)CO1. The molecular formula is C22H32N8O. The van der Waals surface area contributed by atoms with Gasteiger partial charge in [-0.15, -0.1) is 0 Å². The minimum atomic E-state index is 0.170. The molecule has 1 spiro atoms. The fourth-order valence-corrected chi connectivity index (χ4v) is 5.15. The van der Waals surface area contributed by atoms with Gasteiger partial charge < -0.3 is 25.2 Å². The number of likely N-dealkylation sites (tertiary alicyclic amines) is 1. The van der Waals surface area contributed by atoms with Crippen molar-refractivity contribution in [3.8, 4) is 11.3 Å². The monoisotopic (exact) mass is 424 g/mol. The topological polar surface area (TPSA) is 96.5 Å². The van der Waals surface area contributed by atoms with Gasteiger partial charge in [-0.25, -0.2) is 15.0 Å². The van der Waals surface area contributed by atoms with Crippen molar-refractivity contribution >= 4 is 17.7 Å². The van der Waals surface area contributed by atoms with Crippen LogP contribution in [-0.2, 0) is 4.74 Å². The summed E-state index contributed by atoms with van der Waals surface area (Å²) in [6, 6.07) is 2.30. The molecule has 3 fully saturated rings. The molecule has 0 radical (unpaired) electrons. The van der Waals surface area contributed by atoms with E-state index in [4.69, 9.17) is 20.4 Å². The Morgan fingerprint density at radius 1 is 1.10 bits per heavy atom. The molecule has 3 aliphatic rings. The highest BCUT2D eigenvalue weighted by Crippen LogP contribution is 2.40. The third-order valence-corrected chi connectivity index (χ3v) is 6.89. The molecule has 9 nitrogen and oxygen atoms in total.